The topological polar surface area (TPSA) is 15.6 Å². The van der Waals surface area contributed by atoms with Crippen molar-refractivity contribution in [2.24, 2.45) is 4.99 Å². The van der Waals surface area contributed by atoms with Gasteiger partial charge in [0.1, 0.15) is 5.83 Å². The van der Waals surface area contributed by atoms with Gasteiger partial charge in [0.05, 0.1) is 15.5 Å². The van der Waals surface area contributed by atoms with Crippen molar-refractivity contribution < 1.29 is 4.39 Å². The fraction of sp³-hybridized carbons (Fsp3) is 0.250. The summed E-state index contributed by atoms with van der Waals surface area (Å²) in [5.41, 5.74) is 1.30. The molecule has 0 aromatic heterocycles. The standard InChI is InChI=1S/C20H21Cl2FN2/c1-4-25-12-6-8-16(23)7-5-11-20(2,19(25)14-24-3)15-9-10-17(21)18(22)13-15/h5-11,13-14H,3-4,12H2,1-2H3/b8-6-,11-5?,16-7+,19-14-. The van der Waals surface area contributed by atoms with Crippen molar-refractivity contribution >= 4 is 29.9 Å². The van der Waals surface area contributed by atoms with Gasteiger partial charge in [0.2, 0.25) is 0 Å². The van der Waals surface area contributed by atoms with E-state index in [9.17, 15) is 4.39 Å². The summed E-state index contributed by atoms with van der Waals surface area (Å²) in [4.78, 5) is 6.12. The van der Waals surface area contributed by atoms with Crippen molar-refractivity contribution in [2.45, 2.75) is 19.3 Å². The predicted molar refractivity (Wildman–Crippen MR) is 106 cm³/mol. The highest BCUT2D eigenvalue weighted by molar-refractivity contribution is 6.42. The van der Waals surface area contributed by atoms with E-state index >= 15 is 0 Å². The first kappa shape index (κ1) is 19.5. The second kappa shape index (κ2) is 8.50. The minimum Gasteiger partial charge on any atom is -0.369 e. The maximum Gasteiger partial charge on any atom is 0.122 e. The van der Waals surface area contributed by atoms with Crippen molar-refractivity contribution in [3.8, 4) is 0 Å². The molecule has 0 fully saturated rings. The molecule has 0 saturated carbocycles. The van der Waals surface area contributed by atoms with E-state index in [-0.39, 0.29) is 5.83 Å². The van der Waals surface area contributed by atoms with Gasteiger partial charge in [0.25, 0.3) is 0 Å². The molecule has 1 aromatic rings. The summed E-state index contributed by atoms with van der Waals surface area (Å²) in [5.74, 6) is -0.293. The Balaban J connectivity index is 2.70. The van der Waals surface area contributed by atoms with Crippen LogP contribution < -0.4 is 0 Å². The molecule has 25 heavy (non-hydrogen) atoms. The zero-order chi connectivity index (χ0) is 18.4. The Bertz CT molecular complexity index is 765. The first-order valence-electron chi connectivity index (χ1n) is 8.01. The molecule has 1 aliphatic heterocycles. The van der Waals surface area contributed by atoms with Crippen molar-refractivity contribution in [1.29, 1.82) is 0 Å². The van der Waals surface area contributed by atoms with Crippen LogP contribution in [0.3, 0.4) is 0 Å². The number of hydrogen-bond donors (Lipinski definition) is 0. The van der Waals surface area contributed by atoms with Crippen molar-refractivity contribution in [1.82, 2.24) is 4.90 Å². The zero-order valence-electron chi connectivity index (χ0n) is 14.3. The Hall–Kier alpha value is -1.84. The molecule has 1 unspecified atom stereocenters. The van der Waals surface area contributed by atoms with E-state index < -0.39 is 5.41 Å². The van der Waals surface area contributed by atoms with E-state index in [1.54, 1.807) is 24.4 Å². The second-order valence-corrected chi connectivity index (χ2v) is 6.69. The molecule has 0 radical (unpaired) electrons. The van der Waals surface area contributed by atoms with Crippen LogP contribution in [0.2, 0.25) is 10.0 Å². The Morgan fingerprint density at radius 1 is 1.36 bits per heavy atom. The Labute approximate surface area is 158 Å². The summed E-state index contributed by atoms with van der Waals surface area (Å²) in [6, 6.07) is 5.52. The fourth-order valence-electron chi connectivity index (χ4n) is 2.86. The number of benzene rings is 1. The van der Waals surface area contributed by atoms with E-state index in [0.717, 1.165) is 17.8 Å². The largest absolute Gasteiger partial charge is 0.369 e. The van der Waals surface area contributed by atoms with E-state index in [1.165, 1.54) is 12.2 Å². The molecule has 0 spiro atoms. The lowest BCUT2D eigenvalue weighted by Gasteiger charge is -2.37. The molecule has 1 aromatic carbocycles. The lowest BCUT2D eigenvalue weighted by molar-refractivity contribution is 0.349. The molecule has 2 rings (SSSR count). The van der Waals surface area contributed by atoms with Gasteiger partial charge in [-0.1, -0.05) is 47.5 Å². The van der Waals surface area contributed by atoms with Gasteiger partial charge >= 0.3 is 0 Å². The summed E-state index contributed by atoms with van der Waals surface area (Å²) in [7, 11) is 0. The molecule has 0 bridgehead atoms. The van der Waals surface area contributed by atoms with E-state index in [2.05, 4.69) is 16.6 Å². The van der Waals surface area contributed by atoms with Gasteiger partial charge in [-0.15, -0.1) is 0 Å². The molecule has 0 saturated heterocycles. The molecule has 1 atom stereocenters. The molecule has 1 heterocycles. The van der Waals surface area contributed by atoms with E-state index in [0.29, 0.717) is 16.6 Å². The summed E-state index contributed by atoms with van der Waals surface area (Å²) in [5, 5.41) is 0.966. The molecule has 1 aliphatic rings. The highest BCUT2D eigenvalue weighted by Gasteiger charge is 2.32. The van der Waals surface area contributed by atoms with Gasteiger partial charge in [-0.25, -0.2) is 4.39 Å². The van der Waals surface area contributed by atoms with Crippen LogP contribution in [0.5, 0.6) is 0 Å². The molecule has 0 N–H and O–H groups in total. The Morgan fingerprint density at radius 2 is 2.12 bits per heavy atom. The molecular formula is C20H21Cl2FN2. The van der Waals surface area contributed by atoms with Crippen LogP contribution in [0.25, 0.3) is 0 Å². The minimum absolute atomic E-state index is 0.293. The van der Waals surface area contributed by atoms with Crippen LogP contribution in [0.15, 0.2) is 71.3 Å². The highest BCUT2D eigenvalue weighted by Crippen LogP contribution is 2.38. The Morgan fingerprint density at radius 3 is 2.76 bits per heavy atom. The lowest BCUT2D eigenvalue weighted by Crippen LogP contribution is -2.35. The number of nitrogens with zero attached hydrogens (tertiary/aromatic N) is 2. The maximum absolute atomic E-state index is 13.8. The first-order chi connectivity index (χ1) is 11.9. The van der Waals surface area contributed by atoms with Crippen LogP contribution >= 0.6 is 23.2 Å². The number of hydrogen-bond acceptors (Lipinski definition) is 2. The van der Waals surface area contributed by atoms with Gasteiger partial charge in [0.15, 0.2) is 0 Å². The van der Waals surface area contributed by atoms with Crippen LogP contribution in [0.4, 0.5) is 4.39 Å². The molecular weight excluding hydrogens is 358 g/mol. The van der Waals surface area contributed by atoms with Crippen molar-refractivity contribution in [3.63, 3.8) is 0 Å². The first-order valence-corrected chi connectivity index (χ1v) is 8.76. The van der Waals surface area contributed by atoms with Crippen LogP contribution in [0, 0.1) is 0 Å². The Kier molecular flexibility index (Phi) is 6.63. The SMILES string of the molecule is C=N/C=C1\N(CC)C/C=C\C(F)=C/C=CC1(C)c1ccc(Cl)c(Cl)c1. The lowest BCUT2D eigenvalue weighted by atomic mass is 9.78. The fourth-order valence-corrected chi connectivity index (χ4v) is 3.16. The van der Waals surface area contributed by atoms with Crippen LogP contribution in [-0.2, 0) is 5.41 Å². The van der Waals surface area contributed by atoms with Crippen molar-refractivity contribution in [3.05, 3.63) is 81.9 Å². The van der Waals surface area contributed by atoms with Crippen molar-refractivity contribution in [2.75, 3.05) is 13.1 Å². The summed E-state index contributed by atoms with van der Waals surface area (Å²) < 4.78 is 13.8. The molecule has 2 nitrogen and oxygen atoms in total. The quantitative estimate of drug-likeness (QED) is 0.580. The predicted octanol–water partition coefficient (Wildman–Crippen LogP) is 6.09. The van der Waals surface area contributed by atoms with E-state index in [1.807, 2.05) is 32.1 Å². The normalized spacial score (nSPS) is 26.2. The van der Waals surface area contributed by atoms with Crippen LogP contribution in [0.1, 0.15) is 19.4 Å². The smallest absolute Gasteiger partial charge is 0.122 e. The average molecular weight is 379 g/mol. The number of likely N-dealkylation sites (N-methyl/N-ethyl adjacent to an activating group) is 1. The third-order valence-electron chi connectivity index (χ3n) is 4.28. The van der Waals surface area contributed by atoms with Gasteiger partial charge in [-0.2, -0.15) is 0 Å². The monoisotopic (exact) mass is 378 g/mol. The van der Waals surface area contributed by atoms with Crippen LogP contribution in [-0.4, -0.2) is 24.7 Å². The number of rotatable bonds is 3. The molecule has 0 aliphatic carbocycles. The van der Waals surface area contributed by atoms with E-state index in [4.69, 9.17) is 23.2 Å². The highest BCUT2D eigenvalue weighted by atomic mass is 35.5. The summed E-state index contributed by atoms with van der Waals surface area (Å²) >= 11 is 12.3. The van der Waals surface area contributed by atoms with Gasteiger partial charge in [-0.05, 0) is 50.4 Å². The average Bonchev–Trinajstić information content (AvgIpc) is 2.59. The number of halogens is 3. The third kappa shape index (κ3) is 4.42. The minimum atomic E-state index is -0.576. The number of aliphatic imine (C=N–C) groups is 1. The second-order valence-electron chi connectivity index (χ2n) is 5.88. The van der Waals surface area contributed by atoms with Gasteiger partial charge in [0, 0.05) is 25.0 Å². The molecule has 5 heteroatoms. The number of allylic oxidation sites excluding steroid dienone is 5. The summed E-state index contributed by atoms with van der Waals surface area (Å²) in [6.07, 6.45) is 10.1. The molecule has 132 valence electrons. The molecule has 0 amide bonds. The van der Waals surface area contributed by atoms with Gasteiger partial charge < -0.3 is 4.90 Å². The summed E-state index contributed by atoms with van der Waals surface area (Å²) in [6.45, 7) is 8.99. The van der Waals surface area contributed by atoms with Gasteiger partial charge in [-0.3, -0.25) is 4.99 Å². The third-order valence-corrected chi connectivity index (χ3v) is 5.01. The zero-order valence-corrected chi connectivity index (χ0v) is 15.9. The maximum atomic E-state index is 13.8.